The largest absolute Gasteiger partial charge is 0.296 e. The fourth-order valence-corrected chi connectivity index (χ4v) is 3.87. The average Bonchev–Trinajstić information content (AvgIpc) is 3.04. The summed E-state index contributed by atoms with van der Waals surface area (Å²) in [6.45, 7) is 0. The first-order chi connectivity index (χ1) is 12.0. The van der Waals surface area contributed by atoms with Crippen molar-refractivity contribution >= 4 is 57.3 Å². The Morgan fingerprint density at radius 1 is 1.12 bits per heavy atom. The molecule has 1 heterocycles. The van der Waals surface area contributed by atoms with Gasteiger partial charge in [-0.25, -0.2) is 4.39 Å². The maximum atomic E-state index is 12.9. The molecule has 0 spiro atoms. The molecule has 0 aliphatic carbocycles. The summed E-state index contributed by atoms with van der Waals surface area (Å²) in [7, 11) is 0. The Kier molecular flexibility index (Phi) is 5.90. The third-order valence-electron chi connectivity index (χ3n) is 3.08. The van der Waals surface area contributed by atoms with Crippen LogP contribution < -0.4 is 5.32 Å². The molecule has 4 nitrogen and oxygen atoms in total. The van der Waals surface area contributed by atoms with Crippen LogP contribution in [0.2, 0.25) is 10.0 Å². The first-order valence-electron chi connectivity index (χ1n) is 6.98. The fourth-order valence-electron chi connectivity index (χ4n) is 1.86. The highest BCUT2D eigenvalue weighted by Crippen LogP contribution is 2.30. The SMILES string of the molecule is O=C(Nc1nnc(SCc2ccc(Cl)c(Cl)c2)s1)c1ccc(F)cc1. The number of rotatable bonds is 5. The molecule has 1 aromatic heterocycles. The minimum atomic E-state index is -0.395. The number of carbonyl (C=O) groups is 1. The van der Waals surface area contributed by atoms with Crippen molar-refractivity contribution < 1.29 is 9.18 Å². The van der Waals surface area contributed by atoms with Crippen molar-refractivity contribution in [1.82, 2.24) is 10.2 Å². The van der Waals surface area contributed by atoms with E-state index in [0.717, 1.165) is 5.56 Å². The molecule has 9 heteroatoms. The lowest BCUT2D eigenvalue weighted by atomic mass is 10.2. The second kappa shape index (κ2) is 8.14. The van der Waals surface area contributed by atoms with Gasteiger partial charge in [-0.15, -0.1) is 10.2 Å². The number of hydrogen-bond donors (Lipinski definition) is 1. The predicted octanol–water partition coefficient (Wildman–Crippen LogP) is 5.53. The zero-order valence-corrected chi connectivity index (χ0v) is 15.6. The smallest absolute Gasteiger partial charge is 0.257 e. The van der Waals surface area contributed by atoms with E-state index in [1.165, 1.54) is 47.4 Å². The summed E-state index contributed by atoms with van der Waals surface area (Å²) in [5.74, 6) is -0.108. The monoisotopic (exact) mass is 413 g/mol. The van der Waals surface area contributed by atoms with Crippen molar-refractivity contribution in [3.63, 3.8) is 0 Å². The Morgan fingerprint density at radius 2 is 1.88 bits per heavy atom. The summed E-state index contributed by atoms with van der Waals surface area (Å²) >= 11 is 14.6. The van der Waals surface area contributed by atoms with Crippen LogP contribution in [-0.4, -0.2) is 16.1 Å². The molecule has 1 amide bonds. The van der Waals surface area contributed by atoms with Crippen LogP contribution in [0.5, 0.6) is 0 Å². The number of amides is 1. The summed E-state index contributed by atoms with van der Waals surface area (Å²) in [5.41, 5.74) is 1.35. The van der Waals surface area contributed by atoms with Crippen molar-refractivity contribution in [3.05, 3.63) is 69.5 Å². The van der Waals surface area contributed by atoms with E-state index < -0.39 is 5.82 Å². The molecule has 0 radical (unpaired) electrons. The lowest BCUT2D eigenvalue weighted by molar-refractivity contribution is 0.102. The van der Waals surface area contributed by atoms with Gasteiger partial charge in [0.2, 0.25) is 5.13 Å². The predicted molar refractivity (Wildman–Crippen MR) is 100 cm³/mol. The molecule has 0 atom stereocenters. The molecule has 0 saturated carbocycles. The lowest BCUT2D eigenvalue weighted by Gasteiger charge is -2.01. The third-order valence-corrected chi connectivity index (χ3v) is 5.86. The molecular weight excluding hydrogens is 404 g/mol. The molecule has 0 aliphatic rings. The molecule has 128 valence electrons. The van der Waals surface area contributed by atoms with Crippen LogP contribution in [0, 0.1) is 5.82 Å². The van der Waals surface area contributed by atoms with Gasteiger partial charge in [0.15, 0.2) is 4.34 Å². The second-order valence-corrected chi connectivity index (χ2v) is 7.89. The van der Waals surface area contributed by atoms with Crippen LogP contribution in [-0.2, 0) is 5.75 Å². The van der Waals surface area contributed by atoms with E-state index in [-0.39, 0.29) is 5.91 Å². The fraction of sp³-hybridized carbons (Fsp3) is 0.0625. The van der Waals surface area contributed by atoms with Gasteiger partial charge in [-0.1, -0.05) is 52.4 Å². The summed E-state index contributed by atoms with van der Waals surface area (Å²) in [6.07, 6.45) is 0. The quantitative estimate of drug-likeness (QED) is 0.441. The van der Waals surface area contributed by atoms with Crippen LogP contribution in [0.3, 0.4) is 0 Å². The second-order valence-electron chi connectivity index (χ2n) is 4.87. The van der Waals surface area contributed by atoms with Gasteiger partial charge in [-0.2, -0.15) is 0 Å². The topological polar surface area (TPSA) is 54.9 Å². The minimum Gasteiger partial charge on any atom is -0.296 e. The van der Waals surface area contributed by atoms with E-state index >= 15 is 0 Å². The van der Waals surface area contributed by atoms with E-state index in [1.54, 1.807) is 12.1 Å². The highest BCUT2D eigenvalue weighted by molar-refractivity contribution is 8.00. The Labute approximate surface area is 161 Å². The van der Waals surface area contributed by atoms with Gasteiger partial charge in [-0.05, 0) is 42.0 Å². The van der Waals surface area contributed by atoms with E-state index in [1.807, 2.05) is 6.07 Å². The number of halogens is 3. The number of aromatic nitrogens is 2. The highest BCUT2D eigenvalue weighted by atomic mass is 35.5. The van der Waals surface area contributed by atoms with Gasteiger partial charge < -0.3 is 0 Å². The number of nitrogens with zero attached hydrogens (tertiary/aromatic N) is 2. The Bertz CT molecular complexity index is 903. The molecule has 0 unspecified atom stereocenters. The summed E-state index contributed by atoms with van der Waals surface area (Å²) in [6, 6.07) is 10.7. The third kappa shape index (κ3) is 4.92. The molecule has 0 fully saturated rings. The number of hydrogen-bond acceptors (Lipinski definition) is 5. The molecule has 25 heavy (non-hydrogen) atoms. The van der Waals surface area contributed by atoms with Crippen LogP contribution in [0.4, 0.5) is 9.52 Å². The summed E-state index contributed by atoms with van der Waals surface area (Å²) in [4.78, 5) is 12.1. The van der Waals surface area contributed by atoms with Crippen LogP contribution >= 0.6 is 46.3 Å². The maximum Gasteiger partial charge on any atom is 0.257 e. The number of thioether (sulfide) groups is 1. The molecule has 3 aromatic rings. The van der Waals surface area contributed by atoms with Crippen molar-refractivity contribution in [2.24, 2.45) is 0 Å². The zero-order valence-electron chi connectivity index (χ0n) is 12.5. The number of nitrogens with one attached hydrogen (secondary N) is 1. The standard InChI is InChI=1S/C16H10Cl2FN3OS2/c17-12-6-1-9(7-13(12)18)8-24-16-22-21-15(25-16)20-14(23)10-2-4-11(19)5-3-10/h1-7H,8H2,(H,20,21,23). The molecule has 1 N–H and O–H groups in total. The summed E-state index contributed by atoms with van der Waals surface area (Å²) < 4.78 is 13.6. The Hall–Kier alpha value is -1.67. The highest BCUT2D eigenvalue weighted by Gasteiger charge is 2.11. The van der Waals surface area contributed by atoms with E-state index in [0.29, 0.717) is 30.8 Å². The van der Waals surface area contributed by atoms with Crippen LogP contribution in [0.25, 0.3) is 0 Å². The van der Waals surface area contributed by atoms with Gasteiger partial charge in [0, 0.05) is 11.3 Å². The molecule has 0 saturated heterocycles. The van der Waals surface area contributed by atoms with Gasteiger partial charge in [-0.3, -0.25) is 10.1 Å². The van der Waals surface area contributed by atoms with Crippen molar-refractivity contribution in [2.45, 2.75) is 10.1 Å². The van der Waals surface area contributed by atoms with Crippen LogP contribution in [0.1, 0.15) is 15.9 Å². The molecule has 2 aromatic carbocycles. The van der Waals surface area contributed by atoms with Gasteiger partial charge in [0.1, 0.15) is 5.82 Å². The molecular formula is C16H10Cl2FN3OS2. The number of benzene rings is 2. The molecule has 3 rings (SSSR count). The Balaban J connectivity index is 1.59. The normalized spacial score (nSPS) is 10.7. The maximum absolute atomic E-state index is 12.9. The molecule has 0 aliphatic heterocycles. The first kappa shape index (κ1) is 18.1. The van der Waals surface area contributed by atoms with Crippen LogP contribution in [0.15, 0.2) is 46.8 Å². The van der Waals surface area contributed by atoms with Gasteiger partial charge in [0.05, 0.1) is 10.0 Å². The van der Waals surface area contributed by atoms with E-state index in [4.69, 9.17) is 23.2 Å². The number of anilines is 1. The van der Waals surface area contributed by atoms with Gasteiger partial charge >= 0.3 is 0 Å². The van der Waals surface area contributed by atoms with Crippen molar-refractivity contribution in [3.8, 4) is 0 Å². The minimum absolute atomic E-state index is 0.349. The van der Waals surface area contributed by atoms with E-state index in [9.17, 15) is 9.18 Å². The lowest BCUT2D eigenvalue weighted by Crippen LogP contribution is -2.11. The summed E-state index contributed by atoms with van der Waals surface area (Å²) in [5, 5.41) is 12.0. The Morgan fingerprint density at radius 3 is 2.60 bits per heavy atom. The van der Waals surface area contributed by atoms with Crippen molar-refractivity contribution in [2.75, 3.05) is 5.32 Å². The zero-order chi connectivity index (χ0) is 17.8. The first-order valence-corrected chi connectivity index (χ1v) is 9.54. The molecule has 0 bridgehead atoms. The average molecular weight is 414 g/mol. The van der Waals surface area contributed by atoms with E-state index in [2.05, 4.69) is 15.5 Å². The van der Waals surface area contributed by atoms with Crippen molar-refractivity contribution in [1.29, 1.82) is 0 Å². The van der Waals surface area contributed by atoms with Gasteiger partial charge in [0.25, 0.3) is 5.91 Å². The number of carbonyl (C=O) groups excluding carboxylic acids is 1.